The highest BCUT2D eigenvalue weighted by Crippen LogP contribution is 2.56. The van der Waals surface area contributed by atoms with Gasteiger partial charge in [0.2, 0.25) is 0 Å². The summed E-state index contributed by atoms with van der Waals surface area (Å²) in [5.74, 6) is 0. The van der Waals surface area contributed by atoms with E-state index in [1.807, 2.05) is 56.7 Å². The lowest BCUT2D eigenvalue weighted by Gasteiger charge is -2.10. The van der Waals surface area contributed by atoms with Crippen molar-refractivity contribution in [3.63, 3.8) is 0 Å². The summed E-state index contributed by atoms with van der Waals surface area (Å²) in [7, 11) is 0. The first-order chi connectivity index (χ1) is 18.3. The highest BCUT2D eigenvalue weighted by Gasteiger charge is 2.27. The molecular weight excluding hydrogens is 545 g/mol. The van der Waals surface area contributed by atoms with Gasteiger partial charge in [0.15, 0.2) is 0 Å². The SMILES string of the molecule is CCCCCCc1csc(-c2sc(-c3cccs3)c(-c3cccs3)c2-c2cccs2)c1CCCCCC. The topological polar surface area (TPSA) is 0 Å². The van der Waals surface area contributed by atoms with Crippen LogP contribution in [0.3, 0.4) is 0 Å². The zero-order valence-corrected chi connectivity index (χ0v) is 26.0. The minimum atomic E-state index is 1.21. The molecule has 5 rings (SSSR count). The maximum Gasteiger partial charge on any atom is 0.0545 e. The summed E-state index contributed by atoms with van der Waals surface area (Å²) in [5, 5.41) is 9.18. The zero-order valence-electron chi connectivity index (χ0n) is 21.9. The molecule has 0 aliphatic heterocycles. The van der Waals surface area contributed by atoms with Crippen LogP contribution in [-0.4, -0.2) is 0 Å². The molecule has 0 atom stereocenters. The Morgan fingerprint density at radius 3 is 1.68 bits per heavy atom. The Kier molecular flexibility index (Phi) is 9.90. The molecule has 0 saturated carbocycles. The van der Waals surface area contributed by atoms with Crippen LogP contribution in [0, 0.1) is 0 Å². The molecular formula is C32H36S5. The number of hydrogen-bond acceptors (Lipinski definition) is 5. The van der Waals surface area contributed by atoms with Gasteiger partial charge in [-0.1, -0.05) is 70.6 Å². The van der Waals surface area contributed by atoms with E-state index < -0.39 is 0 Å². The van der Waals surface area contributed by atoms with Crippen molar-refractivity contribution in [3.8, 4) is 40.4 Å². The van der Waals surface area contributed by atoms with Gasteiger partial charge in [-0.25, -0.2) is 0 Å². The normalized spacial score (nSPS) is 11.5. The number of rotatable bonds is 14. The van der Waals surface area contributed by atoms with Gasteiger partial charge in [0.05, 0.1) is 9.75 Å². The van der Waals surface area contributed by atoms with Gasteiger partial charge in [0, 0.05) is 30.6 Å². The van der Waals surface area contributed by atoms with Crippen molar-refractivity contribution in [1.82, 2.24) is 0 Å². The minimum Gasteiger partial charge on any atom is -0.144 e. The molecule has 0 aliphatic rings. The molecule has 37 heavy (non-hydrogen) atoms. The van der Waals surface area contributed by atoms with E-state index >= 15 is 0 Å². The predicted molar refractivity (Wildman–Crippen MR) is 173 cm³/mol. The molecule has 5 heterocycles. The van der Waals surface area contributed by atoms with E-state index in [9.17, 15) is 0 Å². The minimum absolute atomic E-state index is 1.21. The van der Waals surface area contributed by atoms with Crippen LogP contribution in [-0.2, 0) is 12.8 Å². The first-order valence-electron chi connectivity index (χ1n) is 13.7. The monoisotopic (exact) mass is 580 g/mol. The van der Waals surface area contributed by atoms with Gasteiger partial charge in [0.1, 0.15) is 0 Å². The Morgan fingerprint density at radius 1 is 0.541 bits per heavy atom. The maximum atomic E-state index is 2.50. The Bertz CT molecular complexity index is 1330. The summed E-state index contributed by atoms with van der Waals surface area (Å²) in [6, 6.07) is 13.5. The molecule has 0 spiro atoms. The summed E-state index contributed by atoms with van der Waals surface area (Å²) in [5.41, 5.74) is 6.16. The Balaban J connectivity index is 1.65. The number of aryl methyl sites for hydroxylation is 1. The van der Waals surface area contributed by atoms with Crippen LogP contribution < -0.4 is 0 Å². The maximum absolute atomic E-state index is 2.50. The molecule has 5 heteroatoms. The third kappa shape index (κ3) is 6.23. The van der Waals surface area contributed by atoms with E-state index in [0.29, 0.717) is 0 Å². The fraction of sp³-hybridized carbons (Fsp3) is 0.375. The van der Waals surface area contributed by atoms with Gasteiger partial charge in [-0.05, 0) is 76.5 Å². The zero-order chi connectivity index (χ0) is 25.5. The lowest BCUT2D eigenvalue weighted by Crippen LogP contribution is -1.94. The average molecular weight is 581 g/mol. The van der Waals surface area contributed by atoms with Crippen molar-refractivity contribution in [1.29, 1.82) is 0 Å². The second-order valence-corrected chi connectivity index (χ2v) is 14.4. The molecule has 0 fully saturated rings. The summed E-state index contributed by atoms with van der Waals surface area (Å²) in [6.07, 6.45) is 13.0. The third-order valence-corrected chi connectivity index (χ3v) is 12.2. The summed E-state index contributed by atoms with van der Waals surface area (Å²) >= 11 is 9.66. The van der Waals surface area contributed by atoms with Crippen molar-refractivity contribution in [2.45, 2.75) is 78.1 Å². The van der Waals surface area contributed by atoms with Crippen LogP contribution in [0.5, 0.6) is 0 Å². The van der Waals surface area contributed by atoms with Crippen LogP contribution in [0.15, 0.2) is 57.9 Å². The Morgan fingerprint density at radius 2 is 1.11 bits per heavy atom. The van der Waals surface area contributed by atoms with Crippen LogP contribution in [0.25, 0.3) is 40.4 Å². The van der Waals surface area contributed by atoms with Crippen LogP contribution in [0.2, 0.25) is 0 Å². The van der Waals surface area contributed by atoms with E-state index in [4.69, 9.17) is 0 Å². The molecule has 0 saturated heterocycles. The molecule has 0 N–H and O–H groups in total. The smallest absolute Gasteiger partial charge is 0.0545 e. The van der Waals surface area contributed by atoms with Gasteiger partial charge in [-0.3, -0.25) is 0 Å². The second kappa shape index (κ2) is 13.5. The number of hydrogen-bond donors (Lipinski definition) is 0. The van der Waals surface area contributed by atoms with Crippen molar-refractivity contribution in [2.24, 2.45) is 0 Å². The summed E-state index contributed by atoms with van der Waals surface area (Å²) in [6.45, 7) is 4.62. The van der Waals surface area contributed by atoms with Crippen LogP contribution >= 0.6 is 56.7 Å². The molecule has 0 nitrogen and oxygen atoms in total. The highest BCUT2D eigenvalue weighted by atomic mass is 32.1. The van der Waals surface area contributed by atoms with Crippen LogP contribution in [0.4, 0.5) is 0 Å². The quantitative estimate of drug-likeness (QED) is 0.115. The van der Waals surface area contributed by atoms with Crippen molar-refractivity contribution >= 4 is 56.7 Å². The van der Waals surface area contributed by atoms with E-state index in [0.717, 1.165) is 0 Å². The molecule has 194 valence electrons. The summed E-state index contributed by atoms with van der Waals surface area (Å²) in [4.78, 5) is 8.63. The highest BCUT2D eigenvalue weighted by molar-refractivity contribution is 7.28. The van der Waals surface area contributed by atoms with Crippen molar-refractivity contribution in [3.05, 3.63) is 69.0 Å². The first-order valence-corrected chi connectivity index (χ1v) is 18.0. The van der Waals surface area contributed by atoms with E-state index in [1.54, 1.807) is 11.1 Å². The molecule has 0 amide bonds. The lowest BCUT2D eigenvalue weighted by molar-refractivity contribution is 0.652. The van der Waals surface area contributed by atoms with Gasteiger partial charge in [-0.15, -0.1) is 56.7 Å². The molecule has 0 radical (unpaired) electrons. The standard InChI is InChI=1S/C32H36S5/c1-3-5-7-9-14-23-22-36-30(24(23)15-10-8-6-4-2)32-29(26-17-12-20-34-26)28(25-16-11-19-33-25)31(37-32)27-18-13-21-35-27/h11-13,16-22H,3-10,14-15H2,1-2H3. The van der Waals surface area contributed by atoms with Crippen LogP contribution in [0.1, 0.15) is 76.3 Å². The van der Waals surface area contributed by atoms with Crippen molar-refractivity contribution in [2.75, 3.05) is 0 Å². The molecule has 0 aromatic carbocycles. The fourth-order valence-electron chi connectivity index (χ4n) is 5.05. The molecule has 0 bridgehead atoms. The van der Waals surface area contributed by atoms with E-state index in [-0.39, 0.29) is 0 Å². The van der Waals surface area contributed by atoms with Gasteiger partial charge < -0.3 is 0 Å². The largest absolute Gasteiger partial charge is 0.144 e. The molecule has 5 aromatic heterocycles. The first kappa shape index (κ1) is 27.1. The average Bonchev–Trinajstić information content (AvgIpc) is 3.73. The fourth-order valence-corrected chi connectivity index (χ4v) is 10.3. The van der Waals surface area contributed by atoms with E-state index in [1.165, 1.54) is 105 Å². The predicted octanol–water partition coefficient (Wildman–Crippen LogP) is 12.9. The van der Waals surface area contributed by atoms with E-state index in [2.05, 4.69) is 71.8 Å². The molecule has 0 unspecified atom stereocenters. The van der Waals surface area contributed by atoms with Crippen molar-refractivity contribution < 1.29 is 0 Å². The Labute approximate surface area is 242 Å². The second-order valence-electron chi connectivity index (χ2n) is 9.63. The third-order valence-electron chi connectivity index (χ3n) is 6.96. The Hall–Kier alpha value is -1.50. The molecule has 5 aromatic rings. The number of thiophene rings is 5. The molecule has 0 aliphatic carbocycles. The lowest BCUT2D eigenvalue weighted by atomic mass is 9.96. The summed E-state index contributed by atoms with van der Waals surface area (Å²) < 4.78 is 0. The number of unbranched alkanes of at least 4 members (excludes halogenated alkanes) is 6. The van der Waals surface area contributed by atoms with Gasteiger partial charge >= 0.3 is 0 Å². The van der Waals surface area contributed by atoms with Gasteiger partial charge in [-0.2, -0.15) is 0 Å². The van der Waals surface area contributed by atoms with Gasteiger partial charge in [0.25, 0.3) is 0 Å².